The molecule has 1 atom stereocenters. The maximum absolute atomic E-state index is 12.9. The summed E-state index contributed by atoms with van der Waals surface area (Å²) in [6, 6.07) is 8.74. The molecule has 0 spiro atoms. The molecule has 6 nitrogen and oxygen atoms in total. The lowest BCUT2D eigenvalue weighted by molar-refractivity contribution is -0.134. The van der Waals surface area contributed by atoms with Gasteiger partial charge in [0, 0.05) is 11.7 Å². The summed E-state index contributed by atoms with van der Waals surface area (Å²) in [5, 5.41) is 2.79. The van der Waals surface area contributed by atoms with E-state index in [1.807, 2.05) is 44.2 Å². The summed E-state index contributed by atoms with van der Waals surface area (Å²) in [5.41, 5.74) is -0.160. The second-order valence-electron chi connectivity index (χ2n) is 7.66. The van der Waals surface area contributed by atoms with Crippen molar-refractivity contribution in [1.82, 2.24) is 10.2 Å². The first-order valence-electron chi connectivity index (χ1n) is 9.81. The summed E-state index contributed by atoms with van der Waals surface area (Å²) < 4.78 is 0. The molecule has 0 radical (unpaired) electrons. The Morgan fingerprint density at radius 3 is 2.41 bits per heavy atom. The van der Waals surface area contributed by atoms with E-state index in [1.54, 1.807) is 11.8 Å². The summed E-state index contributed by atoms with van der Waals surface area (Å²) in [5.74, 6) is -0.580. The molecule has 2 rings (SSSR count). The number of unbranched alkanes of at least 4 members (excludes halogenated alkanes) is 3. The van der Waals surface area contributed by atoms with Crippen LogP contribution in [0.5, 0.6) is 0 Å². The molecule has 1 unspecified atom stereocenters. The highest BCUT2D eigenvalue weighted by molar-refractivity contribution is 6.10. The molecule has 1 aliphatic heterocycles. The van der Waals surface area contributed by atoms with Gasteiger partial charge in [-0.3, -0.25) is 14.5 Å². The SMILES string of the molecule is CCCCCCC1(C)NC(=O)N(CC(=O)N(c2ccccc2)C(C)C)C1=O. The first kappa shape index (κ1) is 20.9. The number of nitrogens with zero attached hydrogens (tertiary/aromatic N) is 2. The van der Waals surface area contributed by atoms with Crippen LogP contribution in [0, 0.1) is 0 Å². The summed E-state index contributed by atoms with van der Waals surface area (Å²) in [7, 11) is 0. The highest BCUT2D eigenvalue weighted by Gasteiger charge is 2.48. The molecular formula is C21H31N3O3. The van der Waals surface area contributed by atoms with Gasteiger partial charge in [-0.25, -0.2) is 4.79 Å². The number of carbonyl (C=O) groups excluding carboxylic acids is 3. The van der Waals surface area contributed by atoms with Crippen LogP contribution in [0.4, 0.5) is 10.5 Å². The molecule has 1 aromatic carbocycles. The lowest BCUT2D eigenvalue weighted by Crippen LogP contribution is -2.47. The average Bonchev–Trinajstić information content (AvgIpc) is 2.83. The van der Waals surface area contributed by atoms with Gasteiger partial charge in [-0.2, -0.15) is 0 Å². The minimum Gasteiger partial charge on any atom is -0.323 e. The highest BCUT2D eigenvalue weighted by Crippen LogP contribution is 2.25. The maximum Gasteiger partial charge on any atom is 0.325 e. The van der Waals surface area contributed by atoms with Gasteiger partial charge in [0.15, 0.2) is 0 Å². The molecule has 1 aromatic rings. The van der Waals surface area contributed by atoms with Gasteiger partial charge in [0.2, 0.25) is 5.91 Å². The lowest BCUT2D eigenvalue weighted by atomic mass is 9.94. The van der Waals surface area contributed by atoms with Crippen LogP contribution in [0.25, 0.3) is 0 Å². The van der Waals surface area contributed by atoms with Gasteiger partial charge in [0.1, 0.15) is 12.1 Å². The number of rotatable bonds is 9. The van der Waals surface area contributed by atoms with Gasteiger partial charge in [0.25, 0.3) is 5.91 Å². The fourth-order valence-electron chi connectivity index (χ4n) is 3.50. The number of hydrogen-bond acceptors (Lipinski definition) is 3. The van der Waals surface area contributed by atoms with Crippen molar-refractivity contribution >= 4 is 23.5 Å². The summed E-state index contributed by atoms with van der Waals surface area (Å²) in [4.78, 5) is 40.8. The second kappa shape index (κ2) is 9.02. The van der Waals surface area contributed by atoms with Crippen LogP contribution in [0.1, 0.15) is 59.8 Å². The Bertz CT molecular complexity index is 675. The van der Waals surface area contributed by atoms with Gasteiger partial charge < -0.3 is 10.2 Å². The molecule has 1 saturated heterocycles. The van der Waals surface area contributed by atoms with Crippen molar-refractivity contribution in [2.75, 3.05) is 11.4 Å². The van der Waals surface area contributed by atoms with E-state index < -0.39 is 11.6 Å². The molecule has 0 aromatic heterocycles. The van der Waals surface area contributed by atoms with E-state index in [-0.39, 0.29) is 24.4 Å². The number of hydrogen-bond donors (Lipinski definition) is 1. The number of para-hydroxylation sites is 1. The maximum atomic E-state index is 12.9. The quantitative estimate of drug-likeness (QED) is 0.530. The van der Waals surface area contributed by atoms with Gasteiger partial charge in [0.05, 0.1) is 0 Å². The second-order valence-corrected chi connectivity index (χ2v) is 7.66. The molecule has 6 heteroatoms. The molecule has 27 heavy (non-hydrogen) atoms. The topological polar surface area (TPSA) is 69.7 Å². The zero-order chi connectivity index (χ0) is 20.0. The Balaban J connectivity index is 2.08. The molecule has 4 amide bonds. The first-order chi connectivity index (χ1) is 12.8. The van der Waals surface area contributed by atoms with E-state index >= 15 is 0 Å². The zero-order valence-electron chi connectivity index (χ0n) is 16.8. The molecule has 1 N–H and O–H groups in total. The molecule has 0 bridgehead atoms. The molecule has 148 valence electrons. The Morgan fingerprint density at radius 2 is 1.81 bits per heavy atom. The number of amides is 4. The average molecular weight is 373 g/mol. The summed E-state index contributed by atoms with van der Waals surface area (Å²) in [6.07, 6.45) is 4.72. The van der Waals surface area contributed by atoms with Crippen molar-refractivity contribution in [1.29, 1.82) is 0 Å². The molecule has 0 aliphatic carbocycles. The van der Waals surface area contributed by atoms with Crippen LogP contribution < -0.4 is 10.2 Å². The molecule has 1 heterocycles. The largest absolute Gasteiger partial charge is 0.325 e. The van der Waals surface area contributed by atoms with Crippen LogP contribution >= 0.6 is 0 Å². The van der Waals surface area contributed by atoms with Crippen molar-refractivity contribution in [2.24, 2.45) is 0 Å². The molecular weight excluding hydrogens is 342 g/mol. The van der Waals surface area contributed by atoms with E-state index in [2.05, 4.69) is 12.2 Å². The van der Waals surface area contributed by atoms with Crippen molar-refractivity contribution in [3.05, 3.63) is 30.3 Å². The number of nitrogens with one attached hydrogen (secondary N) is 1. The van der Waals surface area contributed by atoms with Gasteiger partial charge in [-0.05, 0) is 39.3 Å². The van der Waals surface area contributed by atoms with E-state index in [4.69, 9.17) is 0 Å². The highest BCUT2D eigenvalue weighted by atomic mass is 16.2. The van der Waals surface area contributed by atoms with Crippen molar-refractivity contribution in [3.63, 3.8) is 0 Å². The third-order valence-corrected chi connectivity index (χ3v) is 4.99. The molecule has 1 fully saturated rings. The normalized spacial score (nSPS) is 19.5. The Kier molecular flexibility index (Phi) is 6.99. The van der Waals surface area contributed by atoms with Gasteiger partial charge in [-0.15, -0.1) is 0 Å². The Morgan fingerprint density at radius 1 is 1.15 bits per heavy atom. The number of urea groups is 1. The van der Waals surface area contributed by atoms with Crippen molar-refractivity contribution in [2.45, 2.75) is 71.4 Å². The fourth-order valence-corrected chi connectivity index (χ4v) is 3.50. The predicted octanol–water partition coefficient (Wildman–Crippen LogP) is 3.71. The molecule has 0 saturated carbocycles. The third kappa shape index (κ3) is 4.87. The minimum absolute atomic E-state index is 0.0823. The van der Waals surface area contributed by atoms with Crippen molar-refractivity contribution in [3.8, 4) is 0 Å². The minimum atomic E-state index is -0.916. The van der Waals surface area contributed by atoms with Gasteiger partial charge in [-0.1, -0.05) is 50.8 Å². The predicted molar refractivity (Wildman–Crippen MR) is 106 cm³/mol. The van der Waals surface area contributed by atoms with Crippen LogP contribution in [0.15, 0.2) is 30.3 Å². The zero-order valence-corrected chi connectivity index (χ0v) is 16.8. The van der Waals surface area contributed by atoms with E-state index in [0.717, 1.165) is 36.3 Å². The summed E-state index contributed by atoms with van der Waals surface area (Å²) in [6.45, 7) is 7.46. The number of imide groups is 1. The first-order valence-corrected chi connectivity index (χ1v) is 9.81. The standard InChI is InChI=1S/C21H31N3O3/c1-5-6-7-11-14-21(4)19(26)23(20(27)22-21)15-18(25)24(16(2)3)17-12-9-8-10-13-17/h8-10,12-13,16H,5-7,11,14-15H2,1-4H3,(H,22,27). The Labute approximate surface area is 161 Å². The third-order valence-electron chi connectivity index (χ3n) is 4.99. The number of anilines is 1. The van der Waals surface area contributed by atoms with Crippen LogP contribution in [0.3, 0.4) is 0 Å². The fraction of sp³-hybridized carbons (Fsp3) is 0.571. The number of benzene rings is 1. The Hall–Kier alpha value is -2.37. The smallest absolute Gasteiger partial charge is 0.323 e. The van der Waals surface area contributed by atoms with Gasteiger partial charge >= 0.3 is 6.03 Å². The van der Waals surface area contributed by atoms with E-state index in [9.17, 15) is 14.4 Å². The van der Waals surface area contributed by atoms with Crippen LogP contribution in [-0.4, -0.2) is 40.9 Å². The monoisotopic (exact) mass is 373 g/mol. The van der Waals surface area contributed by atoms with E-state index in [0.29, 0.717) is 6.42 Å². The molecule has 1 aliphatic rings. The van der Waals surface area contributed by atoms with Crippen LogP contribution in [-0.2, 0) is 9.59 Å². The van der Waals surface area contributed by atoms with Crippen molar-refractivity contribution < 1.29 is 14.4 Å². The van der Waals surface area contributed by atoms with Crippen LogP contribution in [0.2, 0.25) is 0 Å². The van der Waals surface area contributed by atoms with E-state index in [1.165, 1.54) is 0 Å². The lowest BCUT2D eigenvalue weighted by Gasteiger charge is -2.28. The summed E-state index contributed by atoms with van der Waals surface area (Å²) >= 11 is 0. The number of carbonyl (C=O) groups is 3.